The number of aromatic nitrogens is 2. The summed E-state index contributed by atoms with van der Waals surface area (Å²) in [6.07, 6.45) is 0. The highest BCUT2D eigenvalue weighted by Crippen LogP contribution is 2.37. The second kappa shape index (κ2) is 8.63. The Morgan fingerprint density at radius 3 is 2.53 bits per heavy atom. The third-order valence-corrected chi connectivity index (χ3v) is 6.22. The van der Waals surface area contributed by atoms with Crippen molar-refractivity contribution in [2.45, 2.75) is 17.3 Å². The number of aryl methyl sites for hydroxylation is 2. The minimum absolute atomic E-state index is 0.123. The van der Waals surface area contributed by atoms with Gasteiger partial charge in [0.2, 0.25) is 5.91 Å². The SMILES string of the molecule is COc1ccc(C)cc1NC(=O)[C@H](Sc1nc2ccccc2n1C)c1ccccc1. The van der Waals surface area contributed by atoms with Crippen molar-refractivity contribution in [1.29, 1.82) is 0 Å². The molecule has 0 saturated heterocycles. The molecule has 152 valence electrons. The lowest BCUT2D eigenvalue weighted by Crippen LogP contribution is -2.20. The number of nitrogens with zero attached hydrogens (tertiary/aromatic N) is 2. The smallest absolute Gasteiger partial charge is 0.242 e. The van der Waals surface area contributed by atoms with Gasteiger partial charge in [0.05, 0.1) is 23.8 Å². The molecule has 0 spiro atoms. The topological polar surface area (TPSA) is 56.1 Å². The Hall–Kier alpha value is -3.25. The molecule has 6 heteroatoms. The molecule has 1 N–H and O–H groups in total. The molecule has 0 radical (unpaired) electrons. The van der Waals surface area contributed by atoms with Crippen LogP contribution in [-0.2, 0) is 11.8 Å². The van der Waals surface area contributed by atoms with Crippen molar-refractivity contribution in [2.75, 3.05) is 12.4 Å². The van der Waals surface area contributed by atoms with Gasteiger partial charge in [-0.3, -0.25) is 4.79 Å². The maximum absolute atomic E-state index is 13.4. The van der Waals surface area contributed by atoms with Gasteiger partial charge in [0, 0.05) is 7.05 Å². The summed E-state index contributed by atoms with van der Waals surface area (Å²) in [7, 11) is 3.57. The van der Waals surface area contributed by atoms with E-state index in [1.54, 1.807) is 7.11 Å². The second-order valence-corrected chi connectivity index (χ2v) is 8.12. The van der Waals surface area contributed by atoms with E-state index in [0.717, 1.165) is 27.3 Å². The molecule has 1 atom stereocenters. The summed E-state index contributed by atoms with van der Waals surface area (Å²) in [6.45, 7) is 1.98. The summed E-state index contributed by atoms with van der Waals surface area (Å²) < 4.78 is 7.45. The van der Waals surface area contributed by atoms with E-state index in [9.17, 15) is 4.79 Å². The quantitative estimate of drug-likeness (QED) is 0.429. The van der Waals surface area contributed by atoms with Crippen LogP contribution in [0.3, 0.4) is 0 Å². The van der Waals surface area contributed by atoms with Crippen molar-refractivity contribution < 1.29 is 9.53 Å². The molecule has 1 heterocycles. The van der Waals surface area contributed by atoms with Gasteiger partial charge in [-0.1, -0.05) is 60.3 Å². The van der Waals surface area contributed by atoms with Crippen LogP contribution in [0.1, 0.15) is 16.4 Å². The number of ether oxygens (including phenoxy) is 1. The molecule has 4 rings (SSSR count). The van der Waals surface area contributed by atoms with Gasteiger partial charge in [0.15, 0.2) is 5.16 Å². The van der Waals surface area contributed by atoms with E-state index >= 15 is 0 Å². The van der Waals surface area contributed by atoms with Crippen molar-refractivity contribution in [3.05, 3.63) is 83.9 Å². The van der Waals surface area contributed by atoms with Crippen LogP contribution in [0.5, 0.6) is 5.75 Å². The fraction of sp³-hybridized carbons (Fsp3) is 0.167. The van der Waals surface area contributed by atoms with Gasteiger partial charge in [-0.2, -0.15) is 0 Å². The minimum atomic E-state index is -0.466. The number of amides is 1. The number of hydrogen-bond acceptors (Lipinski definition) is 4. The van der Waals surface area contributed by atoms with E-state index in [2.05, 4.69) is 5.32 Å². The normalized spacial score (nSPS) is 12.0. The van der Waals surface area contributed by atoms with E-state index in [1.807, 2.05) is 91.3 Å². The molecule has 0 aliphatic heterocycles. The van der Waals surface area contributed by atoms with E-state index in [0.29, 0.717) is 11.4 Å². The molecule has 0 saturated carbocycles. The summed E-state index contributed by atoms with van der Waals surface area (Å²) in [4.78, 5) is 18.1. The fourth-order valence-corrected chi connectivity index (χ4v) is 4.43. The number of benzene rings is 3. The predicted octanol–water partition coefficient (Wildman–Crippen LogP) is 5.36. The monoisotopic (exact) mass is 417 g/mol. The number of imidazole rings is 1. The van der Waals surface area contributed by atoms with Crippen LogP contribution in [0.15, 0.2) is 78.0 Å². The average molecular weight is 418 g/mol. The molecule has 1 aromatic heterocycles. The van der Waals surface area contributed by atoms with Gasteiger partial charge >= 0.3 is 0 Å². The Morgan fingerprint density at radius 2 is 1.80 bits per heavy atom. The molecular formula is C24H23N3O2S. The number of carbonyl (C=O) groups is 1. The standard InChI is InChI=1S/C24H23N3O2S/c1-16-13-14-21(29-3)19(15-16)25-23(28)22(17-9-5-4-6-10-17)30-24-26-18-11-7-8-12-20(18)27(24)2/h4-15,22H,1-3H3,(H,25,28)/t22-/m1/s1. The van der Waals surface area contributed by atoms with Crippen molar-refractivity contribution >= 4 is 34.4 Å². The summed E-state index contributed by atoms with van der Waals surface area (Å²) in [5, 5.41) is 3.38. The molecule has 0 aliphatic carbocycles. The first-order valence-electron chi connectivity index (χ1n) is 9.65. The molecular weight excluding hydrogens is 394 g/mol. The highest BCUT2D eigenvalue weighted by molar-refractivity contribution is 8.00. The molecule has 1 amide bonds. The number of nitrogens with one attached hydrogen (secondary N) is 1. The summed E-state index contributed by atoms with van der Waals surface area (Å²) in [5.41, 5.74) is 4.57. The van der Waals surface area contributed by atoms with Crippen molar-refractivity contribution in [2.24, 2.45) is 7.05 Å². The van der Waals surface area contributed by atoms with Crippen LogP contribution in [0.4, 0.5) is 5.69 Å². The zero-order valence-electron chi connectivity index (χ0n) is 17.1. The van der Waals surface area contributed by atoms with Crippen LogP contribution in [-0.4, -0.2) is 22.6 Å². The van der Waals surface area contributed by atoms with Crippen LogP contribution >= 0.6 is 11.8 Å². The molecule has 30 heavy (non-hydrogen) atoms. The molecule has 4 aromatic rings. The first kappa shape index (κ1) is 20.0. The lowest BCUT2D eigenvalue weighted by molar-refractivity contribution is -0.115. The van der Waals surface area contributed by atoms with Crippen molar-refractivity contribution in [3.63, 3.8) is 0 Å². The van der Waals surface area contributed by atoms with Gasteiger partial charge in [0.25, 0.3) is 0 Å². The lowest BCUT2D eigenvalue weighted by atomic mass is 10.1. The third-order valence-electron chi connectivity index (χ3n) is 4.92. The number of rotatable bonds is 6. The van der Waals surface area contributed by atoms with Crippen molar-refractivity contribution in [1.82, 2.24) is 9.55 Å². The molecule has 0 unspecified atom stereocenters. The first-order chi connectivity index (χ1) is 14.6. The summed E-state index contributed by atoms with van der Waals surface area (Å²) in [6, 6.07) is 23.5. The van der Waals surface area contributed by atoms with Crippen molar-refractivity contribution in [3.8, 4) is 5.75 Å². The van der Waals surface area contributed by atoms with Crippen LogP contribution in [0.25, 0.3) is 11.0 Å². The van der Waals surface area contributed by atoms with E-state index in [-0.39, 0.29) is 5.91 Å². The number of carbonyl (C=O) groups excluding carboxylic acids is 1. The van der Waals surface area contributed by atoms with Gasteiger partial charge in [0.1, 0.15) is 11.0 Å². The molecule has 3 aromatic carbocycles. The number of fused-ring (bicyclic) bond motifs is 1. The zero-order chi connectivity index (χ0) is 21.1. The Labute approximate surface area is 180 Å². The van der Waals surface area contributed by atoms with Gasteiger partial charge < -0.3 is 14.6 Å². The number of methoxy groups -OCH3 is 1. The van der Waals surface area contributed by atoms with Gasteiger partial charge in [-0.05, 0) is 42.3 Å². The fourth-order valence-electron chi connectivity index (χ4n) is 3.35. The molecule has 5 nitrogen and oxygen atoms in total. The van der Waals surface area contributed by atoms with E-state index in [4.69, 9.17) is 9.72 Å². The number of hydrogen-bond donors (Lipinski definition) is 1. The first-order valence-corrected chi connectivity index (χ1v) is 10.5. The zero-order valence-corrected chi connectivity index (χ0v) is 17.9. The Balaban J connectivity index is 1.69. The number of para-hydroxylation sites is 2. The lowest BCUT2D eigenvalue weighted by Gasteiger charge is -2.18. The molecule has 0 aliphatic rings. The molecule has 0 fully saturated rings. The maximum Gasteiger partial charge on any atom is 0.242 e. The second-order valence-electron chi connectivity index (χ2n) is 7.04. The largest absolute Gasteiger partial charge is 0.495 e. The van der Waals surface area contributed by atoms with Crippen LogP contribution in [0, 0.1) is 6.92 Å². The Bertz CT molecular complexity index is 1190. The van der Waals surface area contributed by atoms with Gasteiger partial charge in [-0.15, -0.1) is 0 Å². The molecule has 0 bridgehead atoms. The van der Waals surface area contributed by atoms with Gasteiger partial charge in [-0.25, -0.2) is 4.98 Å². The predicted molar refractivity (Wildman–Crippen MR) is 122 cm³/mol. The highest BCUT2D eigenvalue weighted by atomic mass is 32.2. The summed E-state index contributed by atoms with van der Waals surface area (Å²) in [5.74, 6) is 0.510. The Morgan fingerprint density at radius 1 is 1.07 bits per heavy atom. The third kappa shape index (κ3) is 4.04. The highest BCUT2D eigenvalue weighted by Gasteiger charge is 2.25. The average Bonchev–Trinajstić information content (AvgIpc) is 3.08. The summed E-state index contributed by atoms with van der Waals surface area (Å²) >= 11 is 1.44. The Kier molecular flexibility index (Phi) is 5.77. The van der Waals surface area contributed by atoms with Crippen LogP contribution in [0.2, 0.25) is 0 Å². The van der Waals surface area contributed by atoms with Crippen LogP contribution < -0.4 is 10.1 Å². The minimum Gasteiger partial charge on any atom is -0.495 e. The number of thioether (sulfide) groups is 1. The van der Waals surface area contributed by atoms with E-state index in [1.165, 1.54) is 11.8 Å². The number of anilines is 1. The maximum atomic E-state index is 13.4. The van der Waals surface area contributed by atoms with E-state index < -0.39 is 5.25 Å².